The monoisotopic (exact) mass is 299 g/mol. The smallest absolute Gasteiger partial charge is 0.274 e. The van der Waals surface area contributed by atoms with E-state index in [1.807, 2.05) is 48.5 Å². The molecule has 0 aliphatic rings. The van der Waals surface area contributed by atoms with E-state index in [2.05, 4.69) is 10.4 Å². The lowest BCUT2D eigenvalue weighted by Crippen LogP contribution is -2.26. The fraction of sp³-hybridized carbons (Fsp3) is 0.125. The standard InChI is InChI=1S/C16H14ClN3O/c17-14-7-3-4-8-15(14)18-9-10-20-16(21)13-6-2-1-5-12(13)11-19-20/h1-8,11,18H,9-10H2. The van der Waals surface area contributed by atoms with Crippen molar-refractivity contribution in [3.8, 4) is 0 Å². The highest BCUT2D eigenvalue weighted by Gasteiger charge is 2.03. The maximum absolute atomic E-state index is 12.3. The van der Waals surface area contributed by atoms with Crippen LogP contribution >= 0.6 is 11.6 Å². The molecule has 106 valence electrons. The van der Waals surface area contributed by atoms with E-state index in [1.54, 1.807) is 6.20 Å². The van der Waals surface area contributed by atoms with Gasteiger partial charge in [0.2, 0.25) is 0 Å². The van der Waals surface area contributed by atoms with E-state index in [4.69, 9.17) is 11.6 Å². The van der Waals surface area contributed by atoms with Crippen molar-refractivity contribution in [2.45, 2.75) is 6.54 Å². The Labute approximate surface area is 127 Å². The van der Waals surface area contributed by atoms with Crippen LogP contribution in [0.4, 0.5) is 5.69 Å². The highest BCUT2D eigenvalue weighted by atomic mass is 35.5. The molecule has 0 aliphatic heterocycles. The summed E-state index contributed by atoms with van der Waals surface area (Å²) in [7, 11) is 0. The SMILES string of the molecule is O=c1c2ccccc2cnn1CCNc1ccccc1Cl. The number of nitrogens with zero attached hydrogens (tertiary/aromatic N) is 2. The van der Waals surface area contributed by atoms with Gasteiger partial charge in [-0.2, -0.15) is 5.10 Å². The number of anilines is 1. The van der Waals surface area contributed by atoms with Crippen molar-refractivity contribution in [1.29, 1.82) is 0 Å². The molecule has 2 aromatic carbocycles. The minimum Gasteiger partial charge on any atom is -0.382 e. The van der Waals surface area contributed by atoms with Crippen LogP contribution in [0, 0.1) is 0 Å². The third kappa shape index (κ3) is 2.90. The Hall–Kier alpha value is -2.33. The molecule has 1 aromatic heterocycles. The fourth-order valence-corrected chi connectivity index (χ4v) is 2.39. The van der Waals surface area contributed by atoms with Gasteiger partial charge < -0.3 is 5.32 Å². The molecule has 0 saturated heterocycles. The Bertz CT molecular complexity index is 829. The van der Waals surface area contributed by atoms with E-state index >= 15 is 0 Å². The molecule has 21 heavy (non-hydrogen) atoms. The number of hydrogen-bond donors (Lipinski definition) is 1. The summed E-state index contributed by atoms with van der Waals surface area (Å²) in [5.41, 5.74) is 0.780. The molecule has 0 amide bonds. The molecular formula is C16H14ClN3O. The molecule has 5 heteroatoms. The third-order valence-corrected chi connectivity index (χ3v) is 3.60. The maximum Gasteiger partial charge on any atom is 0.274 e. The molecule has 0 radical (unpaired) electrons. The van der Waals surface area contributed by atoms with Crippen LogP contribution in [0.25, 0.3) is 10.8 Å². The Kier molecular flexibility index (Phi) is 3.88. The van der Waals surface area contributed by atoms with Crippen molar-refractivity contribution in [3.63, 3.8) is 0 Å². The van der Waals surface area contributed by atoms with Gasteiger partial charge in [0, 0.05) is 11.9 Å². The predicted octanol–water partition coefficient (Wildman–Crippen LogP) is 3.16. The zero-order valence-electron chi connectivity index (χ0n) is 11.3. The van der Waals surface area contributed by atoms with Crippen molar-refractivity contribution < 1.29 is 0 Å². The van der Waals surface area contributed by atoms with Gasteiger partial charge in [-0.15, -0.1) is 0 Å². The van der Waals surface area contributed by atoms with E-state index in [0.717, 1.165) is 11.1 Å². The number of benzene rings is 2. The van der Waals surface area contributed by atoms with Gasteiger partial charge in [-0.1, -0.05) is 41.9 Å². The lowest BCUT2D eigenvalue weighted by Gasteiger charge is -2.09. The number of halogens is 1. The Morgan fingerprint density at radius 2 is 1.86 bits per heavy atom. The normalized spacial score (nSPS) is 10.7. The molecule has 0 aliphatic carbocycles. The number of fused-ring (bicyclic) bond motifs is 1. The van der Waals surface area contributed by atoms with Crippen LogP contribution in [0.15, 0.2) is 59.5 Å². The molecule has 4 nitrogen and oxygen atoms in total. The molecule has 0 bridgehead atoms. The summed E-state index contributed by atoms with van der Waals surface area (Å²) in [6.45, 7) is 1.06. The molecule has 0 unspecified atom stereocenters. The van der Waals surface area contributed by atoms with Crippen LogP contribution in [0.2, 0.25) is 5.02 Å². The summed E-state index contributed by atoms with van der Waals surface area (Å²) in [5, 5.41) is 9.60. The molecule has 0 atom stereocenters. The first-order chi connectivity index (χ1) is 10.3. The Morgan fingerprint density at radius 3 is 2.71 bits per heavy atom. The van der Waals surface area contributed by atoms with E-state index in [-0.39, 0.29) is 5.56 Å². The first-order valence-corrected chi connectivity index (χ1v) is 7.07. The van der Waals surface area contributed by atoms with E-state index in [1.165, 1.54) is 4.68 Å². The largest absolute Gasteiger partial charge is 0.382 e. The van der Waals surface area contributed by atoms with Crippen molar-refractivity contribution in [3.05, 3.63) is 70.1 Å². The molecule has 1 N–H and O–H groups in total. The number of rotatable bonds is 4. The number of aromatic nitrogens is 2. The topological polar surface area (TPSA) is 46.9 Å². The van der Waals surface area contributed by atoms with Crippen molar-refractivity contribution in [2.24, 2.45) is 0 Å². The molecule has 3 aromatic rings. The average molecular weight is 300 g/mol. The number of hydrogen-bond acceptors (Lipinski definition) is 3. The Morgan fingerprint density at radius 1 is 1.10 bits per heavy atom. The van der Waals surface area contributed by atoms with Gasteiger partial charge in [0.15, 0.2) is 0 Å². The van der Waals surface area contributed by atoms with Crippen LogP contribution in [-0.2, 0) is 6.54 Å². The first-order valence-electron chi connectivity index (χ1n) is 6.69. The highest BCUT2D eigenvalue weighted by Crippen LogP contribution is 2.19. The van der Waals surface area contributed by atoms with Gasteiger partial charge in [0.1, 0.15) is 0 Å². The van der Waals surface area contributed by atoms with E-state index in [0.29, 0.717) is 23.5 Å². The molecule has 0 fully saturated rings. The second kappa shape index (κ2) is 5.97. The quantitative estimate of drug-likeness (QED) is 0.805. The van der Waals surface area contributed by atoms with Gasteiger partial charge in [-0.25, -0.2) is 4.68 Å². The Balaban J connectivity index is 1.76. The summed E-state index contributed by atoms with van der Waals surface area (Å²) in [5.74, 6) is 0. The fourth-order valence-electron chi connectivity index (χ4n) is 2.19. The number of para-hydroxylation sites is 1. The molecular weight excluding hydrogens is 286 g/mol. The zero-order valence-corrected chi connectivity index (χ0v) is 12.0. The molecule has 0 saturated carbocycles. The van der Waals surface area contributed by atoms with Crippen LogP contribution in [0.1, 0.15) is 0 Å². The highest BCUT2D eigenvalue weighted by molar-refractivity contribution is 6.33. The van der Waals surface area contributed by atoms with E-state index < -0.39 is 0 Å². The van der Waals surface area contributed by atoms with Crippen LogP contribution in [0.3, 0.4) is 0 Å². The summed E-state index contributed by atoms with van der Waals surface area (Å²) in [4.78, 5) is 12.3. The predicted molar refractivity (Wildman–Crippen MR) is 85.9 cm³/mol. The second-order valence-corrected chi connectivity index (χ2v) is 5.07. The van der Waals surface area contributed by atoms with Crippen LogP contribution in [-0.4, -0.2) is 16.3 Å². The van der Waals surface area contributed by atoms with E-state index in [9.17, 15) is 4.79 Å². The minimum atomic E-state index is -0.0749. The zero-order chi connectivity index (χ0) is 14.7. The summed E-state index contributed by atoms with van der Waals surface area (Å²) >= 11 is 6.07. The number of nitrogens with one attached hydrogen (secondary N) is 1. The van der Waals surface area contributed by atoms with Crippen molar-refractivity contribution in [2.75, 3.05) is 11.9 Å². The van der Waals surface area contributed by atoms with Gasteiger partial charge in [0.25, 0.3) is 5.56 Å². The van der Waals surface area contributed by atoms with Crippen LogP contribution in [0.5, 0.6) is 0 Å². The average Bonchev–Trinajstić information content (AvgIpc) is 2.52. The maximum atomic E-state index is 12.3. The lowest BCUT2D eigenvalue weighted by atomic mass is 10.2. The van der Waals surface area contributed by atoms with Crippen molar-refractivity contribution in [1.82, 2.24) is 9.78 Å². The molecule has 1 heterocycles. The lowest BCUT2D eigenvalue weighted by molar-refractivity contribution is 0.604. The minimum absolute atomic E-state index is 0.0749. The molecule has 3 rings (SSSR count). The third-order valence-electron chi connectivity index (χ3n) is 3.27. The summed E-state index contributed by atoms with van der Waals surface area (Å²) in [6.07, 6.45) is 1.71. The second-order valence-electron chi connectivity index (χ2n) is 4.67. The molecule has 0 spiro atoms. The van der Waals surface area contributed by atoms with Crippen LogP contribution < -0.4 is 10.9 Å². The summed E-state index contributed by atoms with van der Waals surface area (Å²) in [6, 6.07) is 15.0. The first kappa shape index (κ1) is 13.6. The van der Waals surface area contributed by atoms with Gasteiger partial charge in [-0.05, 0) is 18.2 Å². The van der Waals surface area contributed by atoms with Gasteiger partial charge in [-0.3, -0.25) is 4.79 Å². The van der Waals surface area contributed by atoms with Gasteiger partial charge in [0.05, 0.1) is 28.8 Å². The van der Waals surface area contributed by atoms with Gasteiger partial charge >= 0.3 is 0 Å². The summed E-state index contributed by atoms with van der Waals surface area (Å²) < 4.78 is 1.46. The van der Waals surface area contributed by atoms with Crippen molar-refractivity contribution >= 4 is 28.1 Å².